The minimum absolute atomic E-state index is 0.264. The molecule has 4 heteroatoms. The van der Waals surface area contributed by atoms with Gasteiger partial charge < -0.3 is 5.73 Å². The van der Waals surface area contributed by atoms with E-state index >= 15 is 0 Å². The summed E-state index contributed by atoms with van der Waals surface area (Å²) in [6.07, 6.45) is 0. The van der Waals surface area contributed by atoms with Crippen molar-refractivity contribution in [2.75, 3.05) is 0 Å². The quantitative estimate of drug-likeness (QED) is 0.873. The summed E-state index contributed by atoms with van der Waals surface area (Å²) < 4.78 is 27.1. The zero-order chi connectivity index (χ0) is 14.2. The van der Waals surface area contributed by atoms with Gasteiger partial charge in [-0.15, -0.1) is 0 Å². The van der Waals surface area contributed by atoms with E-state index in [9.17, 15) is 8.78 Å². The number of aryl methyl sites for hydroxylation is 2. The predicted molar refractivity (Wildman–Crippen MR) is 73.3 cm³/mol. The van der Waals surface area contributed by atoms with Crippen molar-refractivity contribution in [1.29, 1.82) is 0 Å². The van der Waals surface area contributed by atoms with Crippen molar-refractivity contribution in [2.24, 2.45) is 5.73 Å². The first-order chi connectivity index (χ1) is 8.88. The number of nitrogens with two attached hydrogens (primary N) is 1. The minimum atomic E-state index is -0.670. The van der Waals surface area contributed by atoms with E-state index in [1.165, 1.54) is 6.07 Å². The van der Waals surface area contributed by atoms with Gasteiger partial charge in [0.05, 0.1) is 6.04 Å². The molecule has 2 rings (SSSR count). The molecule has 0 saturated heterocycles. The van der Waals surface area contributed by atoms with Gasteiger partial charge in [0.1, 0.15) is 11.6 Å². The number of rotatable bonds is 2. The normalized spacial score (nSPS) is 12.5. The zero-order valence-electron chi connectivity index (χ0n) is 10.7. The maximum atomic E-state index is 13.8. The highest BCUT2D eigenvalue weighted by molar-refractivity contribution is 6.30. The van der Waals surface area contributed by atoms with Crippen LogP contribution in [0.1, 0.15) is 28.3 Å². The SMILES string of the molecule is Cc1cc(Cl)cc(C(N)c2cc(C)c(F)cc2F)c1. The Balaban J connectivity index is 2.49. The Morgan fingerprint density at radius 2 is 1.68 bits per heavy atom. The number of halogens is 3. The second kappa shape index (κ2) is 5.27. The summed E-state index contributed by atoms with van der Waals surface area (Å²) in [5.41, 5.74) is 8.33. The third kappa shape index (κ3) is 2.94. The lowest BCUT2D eigenvalue weighted by molar-refractivity contribution is 0.561. The Labute approximate surface area is 116 Å². The molecule has 2 aromatic rings. The minimum Gasteiger partial charge on any atom is -0.320 e. The second-order valence-corrected chi connectivity index (χ2v) is 5.10. The molecule has 0 aliphatic carbocycles. The number of hydrogen-bond donors (Lipinski definition) is 1. The lowest BCUT2D eigenvalue weighted by atomic mass is 9.96. The van der Waals surface area contributed by atoms with Gasteiger partial charge in [-0.3, -0.25) is 0 Å². The van der Waals surface area contributed by atoms with Crippen LogP contribution in [-0.4, -0.2) is 0 Å². The fourth-order valence-electron chi connectivity index (χ4n) is 2.04. The zero-order valence-corrected chi connectivity index (χ0v) is 11.4. The van der Waals surface area contributed by atoms with Crippen molar-refractivity contribution in [3.8, 4) is 0 Å². The van der Waals surface area contributed by atoms with Gasteiger partial charge >= 0.3 is 0 Å². The van der Waals surface area contributed by atoms with Crippen molar-refractivity contribution in [1.82, 2.24) is 0 Å². The Kier molecular flexibility index (Phi) is 3.88. The van der Waals surface area contributed by atoms with Crippen LogP contribution in [0.25, 0.3) is 0 Å². The summed E-state index contributed by atoms with van der Waals surface area (Å²) in [5.74, 6) is -1.22. The maximum absolute atomic E-state index is 13.8. The van der Waals surface area contributed by atoms with E-state index in [0.29, 0.717) is 16.1 Å². The van der Waals surface area contributed by atoms with E-state index in [1.54, 1.807) is 19.1 Å². The maximum Gasteiger partial charge on any atom is 0.131 e. The van der Waals surface area contributed by atoms with Gasteiger partial charge in [-0.2, -0.15) is 0 Å². The van der Waals surface area contributed by atoms with E-state index in [-0.39, 0.29) is 5.56 Å². The van der Waals surface area contributed by atoms with Gasteiger partial charge in [0.25, 0.3) is 0 Å². The van der Waals surface area contributed by atoms with Crippen molar-refractivity contribution in [2.45, 2.75) is 19.9 Å². The van der Waals surface area contributed by atoms with Crippen LogP contribution in [0.15, 0.2) is 30.3 Å². The Hall–Kier alpha value is -1.45. The van der Waals surface area contributed by atoms with E-state index in [2.05, 4.69) is 0 Å². The fourth-order valence-corrected chi connectivity index (χ4v) is 2.34. The molecule has 0 aliphatic rings. The molecule has 1 nitrogen and oxygen atoms in total. The van der Waals surface area contributed by atoms with Crippen molar-refractivity contribution < 1.29 is 8.78 Å². The number of hydrogen-bond acceptors (Lipinski definition) is 1. The van der Waals surface area contributed by atoms with Crippen molar-refractivity contribution in [3.63, 3.8) is 0 Å². The summed E-state index contributed by atoms with van der Waals surface area (Å²) in [7, 11) is 0. The Morgan fingerprint density at radius 1 is 1.00 bits per heavy atom. The molecular weight excluding hydrogens is 268 g/mol. The van der Waals surface area contributed by atoms with Crippen LogP contribution in [0.2, 0.25) is 5.02 Å². The first-order valence-corrected chi connectivity index (χ1v) is 6.24. The molecule has 0 saturated carbocycles. The summed E-state index contributed by atoms with van der Waals surface area (Å²) >= 11 is 5.97. The third-order valence-corrected chi connectivity index (χ3v) is 3.25. The largest absolute Gasteiger partial charge is 0.320 e. The molecule has 0 fully saturated rings. The summed E-state index contributed by atoms with van der Waals surface area (Å²) in [5, 5.41) is 0.546. The smallest absolute Gasteiger partial charge is 0.131 e. The average molecular weight is 282 g/mol. The molecule has 0 aliphatic heterocycles. The average Bonchev–Trinajstić information content (AvgIpc) is 2.31. The Bertz CT molecular complexity index is 606. The molecule has 0 heterocycles. The standard InChI is InChI=1S/C15H14ClF2N/c1-8-3-10(6-11(16)4-8)15(19)12-5-9(2)13(17)7-14(12)18/h3-7,15H,19H2,1-2H3. The van der Waals surface area contributed by atoms with E-state index in [0.717, 1.165) is 11.6 Å². The molecule has 0 amide bonds. The Morgan fingerprint density at radius 3 is 2.32 bits per heavy atom. The summed E-state index contributed by atoms with van der Waals surface area (Å²) in [6, 6.07) is 6.96. The molecule has 19 heavy (non-hydrogen) atoms. The van der Waals surface area contributed by atoms with Crippen LogP contribution in [0.3, 0.4) is 0 Å². The molecule has 0 radical (unpaired) electrons. The molecule has 1 atom stereocenters. The molecule has 2 aromatic carbocycles. The van der Waals surface area contributed by atoms with Crippen LogP contribution < -0.4 is 5.73 Å². The highest BCUT2D eigenvalue weighted by Crippen LogP contribution is 2.27. The van der Waals surface area contributed by atoms with Gasteiger partial charge in [0.2, 0.25) is 0 Å². The van der Waals surface area contributed by atoms with Crippen LogP contribution in [0, 0.1) is 25.5 Å². The fraction of sp³-hybridized carbons (Fsp3) is 0.200. The molecule has 0 bridgehead atoms. The van der Waals surface area contributed by atoms with Crippen LogP contribution in [0.5, 0.6) is 0 Å². The van der Waals surface area contributed by atoms with Crippen molar-refractivity contribution in [3.05, 3.63) is 69.2 Å². The molecule has 1 unspecified atom stereocenters. The second-order valence-electron chi connectivity index (χ2n) is 4.66. The first-order valence-electron chi connectivity index (χ1n) is 5.86. The lowest BCUT2D eigenvalue weighted by Gasteiger charge is -2.15. The van der Waals surface area contributed by atoms with E-state index < -0.39 is 17.7 Å². The van der Waals surface area contributed by atoms with E-state index in [1.807, 2.05) is 13.0 Å². The van der Waals surface area contributed by atoms with E-state index in [4.69, 9.17) is 17.3 Å². The highest BCUT2D eigenvalue weighted by Gasteiger charge is 2.16. The van der Waals surface area contributed by atoms with Gasteiger partial charge in [0, 0.05) is 16.7 Å². The summed E-state index contributed by atoms with van der Waals surface area (Å²) in [4.78, 5) is 0. The van der Waals surface area contributed by atoms with Crippen molar-refractivity contribution >= 4 is 11.6 Å². The van der Waals surface area contributed by atoms with Gasteiger partial charge in [0.15, 0.2) is 0 Å². The van der Waals surface area contributed by atoms with Gasteiger partial charge in [-0.1, -0.05) is 17.7 Å². The molecule has 100 valence electrons. The number of benzene rings is 2. The third-order valence-electron chi connectivity index (χ3n) is 3.04. The monoisotopic (exact) mass is 281 g/mol. The molecular formula is C15H14ClF2N. The van der Waals surface area contributed by atoms with Gasteiger partial charge in [-0.25, -0.2) is 8.78 Å². The van der Waals surface area contributed by atoms with Gasteiger partial charge in [-0.05, 0) is 48.7 Å². The topological polar surface area (TPSA) is 26.0 Å². The molecule has 0 spiro atoms. The molecule has 0 aromatic heterocycles. The summed E-state index contributed by atoms with van der Waals surface area (Å²) in [6.45, 7) is 3.46. The van der Waals surface area contributed by atoms with Crippen LogP contribution >= 0.6 is 11.6 Å². The lowest BCUT2D eigenvalue weighted by Crippen LogP contribution is -2.14. The highest BCUT2D eigenvalue weighted by atomic mass is 35.5. The van der Waals surface area contributed by atoms with Crippen LogP contribution in [-0.2, 0) is 0 Å². The van der Waals surface area contributed by atoms with Crippen LogP contribution in [0.4, 0.5) is 8.78 Å². The predicted octanol–water partition coefficient (Wildman–Crippen LogP) is 4.28. The first kappa shape index (κ1) is 14.0. The molecule has 2 N–H and O–H groups in total.